The van der Waals surface area contributed by atoms with E-state index in [-0.39, 0.29) is 39.9 Å². The molecule has 0 bridgehead atoms. The van der Waals surface area contributed by atoms with E-state index in [1.165, 1.54) is 36.4 Å². The van der Waals surface area contributed by atoms with Crippen molar-refractivity contribution < 1.29 is 22.7 Å². The lowest BCUT2D eigenvalue weighted by molar-refractivity contribution is 0.281. The molecule has 8 nitrogen and oxygen atoms in total. The summed E-state index contributed by atoms with van der Waals surface area (Å²) < 4.78 is 45.8. The second kappa shape index (κ2) is 8.57. The van der Waals surface area contributed by atoms with Crippen LogP contribution in [-0.2, 0) is 16.6 Å². The lowest BCUT2D eigenvalue weighted by Gasteiger charge is -2.11. The first kappa shape index (κ1) is 20.7. The minimum Gasteiger partial charge on any atom is -0.456 e. The van der Waals surface area contributed by atoms with Crippen LogP contribution in [0.3, 0.4) is 0 Å². The smallest absolute Gasteiger partial charge is 0.263 e. The number of benzene rings is 2. The number of aromatic nitrogens is 1. The zero-order valence-electron chi connectivity index (χ0n) is 15.2. The maximum absolute atomic E-state index is 12.9. The first-order valence-electron chi connectivity index (χ1n) is 8.36. The third-order valence-corrected chi connectivity index (χ3v) is 5.30. The zero-order chi connectivity index (χ0) is 21.7. The van der Waals surface area contributed by atoms with Crippen molar-refractivity contribution in [2.24, 2.45) is 0 Å². The Bertz CT molecular complexity index is 1280. The molecule has 0 unspecified atom stereocenters. The summed E-state index contributed by atoms with van der Waals surface area (Å²) in [4.78, 5) is 3.42. The summed E-state index contributed by atoms with van der Waals surface area (Å²) in [5.74, 6) is -0.373. The van der Waals surface area contributed by atoms with Crippen molar-refractivity contribution >= 4 is 15.8 Å². The number of nitriles is 2. The molecule has 0 aliphatic rings. The number of rotatable bonds is 6. The van der Waals surface area contributed by atoms with Gasteiger partial charge in [-0.2, -0.15) is 10.5 Å². The van der Waals surface area contributed by atoms with E-state index in [0.29, 0.717) is 5.56 Å². The number of ether oxygens (including phenoxy) is 1. The number of sulfonamides is 1. The summed E-state index contributed by atoms with van der Waals surface area (Å²) in [5, 5.41) is 27.8. The zero-order valence-corrected chi connectivity index (χ0v) is 16.0. The van der Waals surface area contributed by atoms with Crippen LogP contribution in [0.1, 0.15) is 16.7 Å². The molecule has 0 radical (unpaired) electrons. The normalized spacial score (nSPS) is 10.7. The second-order valence-electron chi connectivity index (χ2n) is 5.93. The number of aliphatic hydroxyl groups is 1. The summed E-state index contributed by atoms with van der Waals surface area (Å²) in [6.45, 7) is -0.310. The lowest BCUT2D eigenvalue weighted by atomic mass is 10.1. The maximum Gasteiger partial charge on any atom is 0.263 e. The molecule has 3 aromatic rings. The predicted octanol–water partition coefficient (Wildman–Crippen LogP) is 3.05. The molecule has 1 heterocycles. The molecule has 0 saturated carbocycles. The van der Waals surface area contributed by atoms with Gasteiger partial charge in [-0.1, -0.05) is 6.07 Å². The molecule has 0 aliphatic heterocycles. The molecule has 3 rings (SSSR count). The summed E-state index contributed by atoms with van der Waals surface area (Å²) in [6.07, 6.45) is 0.868. The quantitative estimate of drug-likeness (QED) is 0.620. The van der Waals surface area contributed by atoms with Crippen molar-refractivity contribution in [3.8, 4) is 23.6 Å². The average Bonchev–Trinajstić information content (AvgIpc) is 2.75. The standard InChI is InChI=1S/C20H13FN4O4S/c21-16-2-6-20(24-11-16)25-30(27,28)18-4-5-19(15(8-18)10-23)29-17-3-1-13(12-26)14(7-17)9-22/h1-8,11,26H,12H2,(H,24,25). The van der Waals surface area contributed by atoms with Gasteiger partial charge in [-0.05, 0) is 48.0 Å². The van der Waals surface area contributed by atoms with Crippen LogP contribution in [0.2, 0.25) is 0 Å². The Hall–Kier alpha value is -3.99. The first-order chi connectivity index (χ1) is 14.4. The van der Waals surface area contributed by atoms with E-state index in [4.69, 9.17) is 10.00 Å². The molecule has 150 valence electrons. The predicted molar refractivity (Wildman–Crippen MR) is 103 cm³/mol. The molecular formula is C20H13FN4O4S. The van der Waals surface area contributed by atoms with Crippen LogP contribution >= 0.6 is 0 Å². The van der Waals surface area contributed by atoms with Crippen LogP contribution in [-0.4, -0.2) is 18.5 Å². The maximum atomic E-state index is 12.9. The van der Waals surface area contributed by atoms with E-state index >= 15 is 0 Å². The van der Waals surface area contributed by atoms with Gasteiger partial charge >= 0.3 is 0 Å². The van der Waals surface area contributed by atoms with Crippen LogP contribution in [0.5, 0.6) is 11.5 Å². The van der Waals surface area contributed by atoms with Gasteiger partial charge in [0.05, 0.1) is 34.9 Å². The molecule has 0 amide bonds. The van der Waals surface area contributed by atoms with Crippen LogP contribution in [0.25, 0.3) is 0 Å². The third-order valence-electron chi connectivity index (χ3n) is 3.95. The summed E-state index contributed by atoms with van der Waals surface area (Å²) in [5.41, 5.74) is 0.575. The highest BCUT2D eigenvalue weighted by molar-refractivity contribution is 7.92. The molecule has 2 aromatic carbocycles. The average molecular weight is 424 g/mol. The van der Waals surface area contributed by atoms with E-state index in [9.17, 15) is 23.2 Å². The van der Waals surface area contributed by atoms with Gasteiger partial charge in [0.15, 0.2) is 0 Å². The summed E-state index contributed by atoms with van der Waals surface area (Å²) >= 11 is 0. The Morgan fingerprint density at radius 1 is 1.07 bits per heavy atom. The topological polar surface area (TPSA) is 136 Å². The first-order valence-corrected chi connectivity index (χ1v) is 9.85. The van der Waals surface area contributed by atoms with E-state index in [1.54, 1.807) is 0 Å². The lowest BCUT2D eigenvalue weighted by Crippen LogP contribution is -2.14. The Balaban J connectivity index is 1.89. The molecule has 0 atom stereocenters. The van der Waals surface area contributed by atoms with Gasteiger partial charge in [0.2, 0.25) is 0 Å². The van der Waals surface area contributed by atoms with Crippen LogP contribution in [0.15, 0.2) is 59.6 Å². The minimum absolute atomic E-state index is 0.0605. The fraction of sp³-hybridized carbons (Fsp3) is 0.0500. The number of hydrogen-bond donors (Lipinski definition) is 2. The Kier molecular flexibility index (Phi) is 5.93. The van der Waals surface area contributed by atoms with Crippen LogP contribution < -0.4 is 9.46 Å². The van der Waals surface area contributed by atoms with Gasteiger partial charge in [-0.25, -0.2) is 17.8 Å². The molecular weight excluding hydrogens is 411 g/mol. The van der Waals surface area contributed by atoms with E-state index in [0.717, 1.165) is 18.3 Å². The monoisotopic (exact) mass is 424 g/mol. The van der Waals surface area contributed by atoms with Gasteiger partial charge in [-0.15, -0.1) is 0 Å². The summed E-state index contributed by atoms with van der Waals surface area (Å²) in [7, 11) is -4.08. The minimum atomic E-state index is -4.08. The number of halogens is 1. The van der Waals surface area contributed by atoms with E-state index in [2.05, 4.69) is 9.71 Å². The number of hydrogen-bond acceptors (Lipinski definition) is 7. The Labute approximate surface area is 171 Å². The largest absolute Gasteiger partial charge is 0.456 e. The van der Waals surface area contributed by atoms with Gasteiger partial charge in [-0.3, -0.25) is 4.72 Å². The van der Waals surface area contributed by atoms with Gasteiger partial charge in [0.1, 0.15) is 29.2 Å². The number of pyridine rings is 1. The molecule has 0 spiro atoms. The van der Waals surface area contributed by atoms with Crippen molar-refractivity contribution in [2.75, 3.05) is 4.72 Å². The number of nitrogens with zero attached hydrogens (tertiary/aromatic N) is 3. The molecule has 10 heteroatoms. The fourth-order valence-electron chi connectivity index (χ4n) is 2.47. The van der Waals surface area contributed by atoms with E-state index < -0.39 is 15.8 Å². The molecule has 0 fully saturated rings. The highest BCUT2D eigenvalue weighted by Crippen LogP contribution is 2.29. The second-order valence-corrected chi connectivity index (χ2v) is 7.61. The third kappa shape index (κ3) is 4.52. The highest BCUT2D eigenvalue weighted by Gasteiger charge is 2.18. The van der Waals surface area contributed by atoms with Crippen molar-refractivity contribution in [2.45, 2.75) is 11.5 Å². The van der Waals surface area contributed by atoms with Crippen LogP contribution in [0, 0.1) is 28.5 Å². The number of nitrogens with one attached hydrogen (secondary N) is 1. The fourth-order valence-corrected chi connectivity index (χ4v) is 3.51. The number of aliphatic hydroxyl groups excluding tert-OH is 1. The van der Waals surface area contributed by atoms with Gasteiger partial charge in [0, 0.05) is 0 Å². The van der Waals surface area contributed by atoms with Crippen molar-refractivity contribution in [3.05, 3.63) is 77.2 Å². The highest BCUT2D eigenvalue weighted by atomic mass is 32.2. The molecule has 0 aliphatic carbocycles. The van der Waals surface area contributed by atoms with E-state index in [1.807, 2.05) is 12.1 Å². The van der Waals surface area contributed by atoms with Crippen molar-refractivity contribution in [1.82, 2.24) is 4.98 Å². The summed E-state index contributed by atoms with van der Waals surface area (Å²) in [6, 6.07) is 14.1. The van der Waals surface area contributed by atoms with Gasteiger partial charge in [0.25, 0.3) is 10.0 Å². The molecule has 0 saturated heterocycles. The SMILES string of the molecule is N#Cc1cc(Oc2ccc(S(=O)(=O)Nc3ccc(F)cn3)cc2C#N)ccc1CO. The molecule has 1 aromatic heterocycles. The van der Waals surface area contributed by atoms with Crippen LogP contribution in [0.4, 0.5) is 10.2 Å². The Morgan fingerprint density at radius 2 is 1.83 bits per heavy atom. The molecule has 2 N–H and O–H groups in total. The van der Waals surface area contributed by atoms with Gasteiger partial charge < -0.3 is 9.84 Å². The van der Waals surface area contributed by atoms with Crippen molar-refractivity contribution in [3.63, 3.8) is 0 Å². The van der Waals surface area contributed by atoms with Crippen molar-refractivity contribution in [1.29, 1.82) is 10.5 Å². The Morgan fingerprint density at radius 3 is 2.47 bits per heavy atom. The number of anilines is 1. The molecule has 30 heavy (non-hydrogen) atoms.